The first kappa shape index (κ1) is 19.5. The molecule has 0 aliphatic rings. The van der Waals surface area contributed by atoms with Gasteiger partial charge in [0, 0.05) is 16.5 Å². The lowest BCUT2D eigenvalue weighted by Crippen LogP contribution is -2.24. The van der Waals surface area contributed by atoms with Gasteiger partial charge in [-0.1, -0.05) is 57.9 Å². The molecule has 0 saturated heterocycles. The van der Waals surface area contributed by atoms with Crippen LogP contribution in [0.3, 0.4) is 0 Å². The van der Waals surface area contributed by atoms with E-state index >= 15 is 0 Å². The second-order valence-electron chi connectivity index (χ2n) is 5.39. The Labute approximate surface area is 160 Å². The molecule has 132 valence electrons. The maximum Gasteiger partial charge on any atom is 0.306 e. The number of rotatable bonds is 8. The highest BCUT2D eigenvalue weighted by Gasteiger charge is 2.19. The van der Waals surface area contributed by atoms with E-state index in [2.05, 4.69) is 15.9 Å². The van der Waals surface area contributed by atoms with Gasteiger partial charge in [0.15, 0.2) is 6.10 Å². The molecule has 0 saturated carbocycles. The van der Waals surface area contributed by atoms with Crippen LogP contribution in [0.4, 0.5) is 0 Å². The van der Waals surface area contributed by atoms with E-state index in [1.807, 2.05) is 12.1 Å². The lowest BCUT2D eigenvalue weighted by atomic mass is 10.1. The molecule has 1 atom stereocenters. The Morgan fingerprint density at radius 1 is 1.16 bits per heavy atom. The van der Waals surface area contributed by atoms with Gasteiger partial charge in [0.1, 0.15) is 5.75 Å². The van der Waals surface area contributed by atoms with Gasteiger partial charge in [-0.05, 0) is 31.5 Å². The SMILES string of the molecule is CC(OC(=O)CCCOc1ccc(Br)cc1Cl)C(=O)c1ccccc1. The van der Waals surface area contributed by atoms with Gasteiger partial charge in [0.25, 0.3) is 0 Å². The van der Waals surface area contributed by atoms with Crippen LogP contribution >= 0.6 is 27.5 Å². The minimum absolute atomic E-state index is 0.167. The molecule has 2 aromatic carbocycles. The Hall–Kier alpha value is -1.85. The number of esters is 1. The van der Waals surface area contributed by atoms with E-state index in [0.29, 0.717) is 29.4 Å². The van der Waals surface area contributed by atoms with Gasteiger partial charge in [0.2, 0.25) is 5.78 Å². The van der Waals surface area contributed by atoms with Gasteiger partial charge >= 0.3 is 5.97 Å². The highest BCUT2D eigenvalue weighted by atomic mass is 79.9. The van der Waals surface area contributed by atoms with Crippen molar-refractivity contribution in [2.75, 3.05) is 6.61 Å². The van der Waals surface area contributed by atoms with Crippen molar-refractivity contribution in [3.8, 4) is 5.75 Å². The van der Waals surface area contributed by atoms with Crippen molar-refractivity contribution in [2.24, 2.45) is 0 Å². The summed E-state index contributed by atoms with van der Waals surface area (Å²) in [5, 5.41) is 0.499. The van der Waals surface area contributed by atoms with E-state index in [-0.39, 0.29) is 12.2 Å². The summed E-state index contributed by atoms with van der Waals surface area (Å²) >= 11 is 9.37. The fourth-order valence-corrected chi connectivity index (χ4v) is 2.87. The molecule has 0 aromatic heterocycles. The third-order valence-corrected chi connectivity index (χ3v) is 4.20. The molecule has 0 amide bonds. The minimum atomic E-state index is -0.809. The molecular formula is C19H18BrClO4. The maximum atomic E-state index is 12.1. The second-order valence-corrected chi connectivity index (χ2v) is 6.71. The molecule has 4 nitrogen and oxygen atoms in total. The molecule has 0 spiro atoms. The fraction of sp³-hybridized carbons (Fsp3) is 0.263. The monoisotopic (exact) mass is 424 g/mol. The lowest BCUT2D eigenvalue weighted by molar-refractivity contribution is -0.146. The van der Waals surface area contributed by atoms with Crippen molar-refractivity contribution in [1.82, 2.24) is 0 Å². The van der Waals surface area contributed by atoms with E-state index in [1.165, 1.54) is 0 Å². The zero-order valence-corrected chi connectivity index (χ0v) is 16.0. The number of carbonyl (C=O) groups is 2. The van der Waals surface area contributed by atoms with Crippen molar-refractivity contribution in [2.45, 2.75) is 25.9 Å². The van der Waals surface area contributed by atoms with Crippen molar-refractivity contribution in [1.29, 1.82) is 0 Å². The number of ketones is 1. The number of benzene rings is 2. The van der Waals surface area contributed by atoms with Crippen LogP contribution in [0.2, 0.25) is 5.02 Å². The van der Waals surface area contributed by atoms with E-state index < -0.39 is 12.1 Å². The van der Waals surface area contributed by atoms with Crippen LogP contribution in [0.25, 0.3) is 0 Å². The molecule has 0 aliphatic heterocycles. The minimum Gasteiger partial charge on any atom is -0.492 e. The number of hydrogen-bond donors (Lipinski definition) is 0. The average Bonchev–Trinajstić information content (AvgIpc) is 2.60. The van der Waals surface area contributed by atoms with Crippen LogP contribution in [0.1, 0.15) is 30.1 Å². The fourth-order valence-electron chi connectivity index (χ4n) is 2.14. The van der Waals surface area contributed by atoms with Crippen LogP contribution in [-0.2, 0) is 9.53 Å². The molecule has 25 heavy (non-hydrogen) atoms. The zero-order chi connectivity index (χ0) is 18.2. The van der Waals surface area contributed by atoms with E-state index in [1.54, 1.807) is 43.3 Å². The molecule has 6 heteroatoms. The number of ether oxygens (including phenoxy) is 2. The van der Waals surface area contributed by atoms with Crippen molar-refractivity contribution in [3.05, 3.63) is 63.6 Å². The molecule has 0 N–H and O–H groups in total. The summed E-state index contributed by atoms with van der Waals surface area (Å²) in [6, 6.07) is 14.1. The Kier molecular flexibility index (Phi) is 7.47. The van der Waals surface area contributed by atoms with Gasteiger partial charge in [-0.2, -0.15) is 0 Å². The predicted molar refractivity (Wildman–Crippen MR) is 100 cm³/mol. The van der Waals surface area contributed by atoms with E-state index in [4.69, 9.17) is 21.1 Å². The highest BCUT2D eigenvalue weighted by Crippen LogP contribution is 2.27. The summed E-state index contributed by atoms with van der Waals surface area (Å²) in [6.45, 7) is 1.91. The van der Waals surface area contributed by atoms with E-state index in [9.17, 15) is 9.59 Å². The Balaban J connectivity index is 1.72. The van der Waals surface area contributed by atoms with Crippen LogP contribution in [-0.4, -0.2) is 24.5 Å². The first-order chi connectivity index (χ1) is 12.0. The third kappa shape index (κ3) is 6.18. The largest absolute Gasteiger partial charge is 0.492 e. The van der Waals surface area contributed by atoms with Crippen LogP contribution in [0, 0.1) is 0 Å². The number of hydrogen-bond acceptors (Lipinski definition) is 4. The molecular weight excluding hydrogens is 408 g/mol. The van der Waals surface area contributed by atoms with Gasteiger partial charge in [-0.25, -0.2) is 0 Å². The van der Waals surface area contributed by atoms with E-state index in [0.717, 1.165) is 4.47 Å². The van der Waals surface area contributed by atoms with Gasteiger partial charge in [-0.3, -0.25) is 9.59 Å². The van der Waals surface area contributed by atoms with Gasteiger partial charge in [0.05, 0.1) is 11.6 Å². The normalized spacial score (nSPS) is 11.6. The highest BCUT2D eigenvalue weighted by molar-refractivity contribution is 9.10. The first-order valence-corrected chi connectivity index (χ1v) is 9.01. The zero-order valence-electron chi connectivity index (χ0n) is 13.7. The maximum absolute atomic E-state index is 12.1. The molecule has 0 radical (unpaired) electrons. The molecule has 2 rings (SSSR count). The van der Waals surface area contributed by atoms with Gasteiger partial charge < -0.3 is 9.47 Å². The topological polar surface area (TPSA) is 52.6 Å². The molecule has 0 heterocycles. The number of carbonyl (C=O) groups excluding carboxylic acids is 2. The van der Waals surface area contributed by atoms with Crippen LogP contribution < -0.4 is 4.74 Å². The standard InChI is InChI=1S/C19H18BrClO4/c1-13(19(23)14-6-3-2-4-7-14)25-18(22)8-5-11-24-17-10-9-15(20)12-16(17)21/h2-4,6-7,9-10,12-13H,5,8,11H2,1H3. The smallest absolute Gasteiger partial charge is 0.306 e. The van der Waals surface area contributed by atoms with Crippen LogP contribution in [0.15, 0.2) is 53.0 Å². The molecule has 1 unspecified atom stereocenters. The summed E-state index contributed by atoms with van der Waals surface area (Å²) in [5.41, 5.74) is 0.524. The van der Waals surface area contributed by atoms with Crippen molar-refractivity contribution < 1.29 is 19.1 Å². The second kappa shape index (κ2) is 9.59. The van der Waals surface area contributed by atoms with Crippen molar-refractivity contribution in [3.63, 3.8) is 0 Å². The first-order valence-electron chi connectivity index (χ1n) is 7.84. The average molecular weight is 426 g/mol. The number of Topliss-reactive ketones (excluding diaryl/α,β-unsaturated/α-hetero) is 1. The molecule has 2 aromatic rings. The predicted octanol–water partition coefficient (Wildman–Crippen LogP) is 5.08. The summed E-state index contributed by atoms with van der Waals surface area (Å²) in [6.07, 6.45) is -0.172. The Morgan fingerprint density at radius 2 is 1.88 bits per heavy atom. The third-order valence-electron chi connectivity index (χ3n) is 3.41. The molecule has 0 aliphatic carbocycles. The van der Waals surface area contributed by atoms with Gasteiger partial charge in [-0.15, -0.1) is 0 Å². The summed E-state index contributed by atoms with van der Waals surface area (Å²) < 4.78 is 11.6. The molecule has 0 bridgehead atoms. The quantitative estimate of drug-likeness (QED) is 0.336. The summed E-state index contributed by atoms with van der Waals surface area (Å²) in [5.74, 6) is -0.0833. The Morgan fingerprint density at radius 3 is 2.56 bits per heavy atom. The lowest BCUT2D eigenvalue weighted by Gasteiger charge is -2.12. The number of halogens is 2. The summed E-state index contributed by atoms with van der Waals surface area (Å²) in [4.78, 5) is 24.0. The van der Waals surface area contributed by atoms with Crippen LogP contribution in [0.5, 0.6) is 5.75 Å². The van der Waals surface area contributed by atoms with Crippen molar-refractivity contribution >= 4 is 39.3 Å². The Bertz CT molecular complexity index is 733. The molecule has 0 fully saturated rings. The summed E-state index contributed by atoms with van der Waals surface area (Å²) in [7, 11) is 0.